The monoisotopic (exact) mass is 418 g/mol. The van der Waals surface area contributed by atoms with Crippen LogP contribution in [0.4, 0.5) is 10.5 Å². The second-order valence-corrected chi connectivity index (χ2v) is 9.81. The molecule has 1 aromatic rings. The number of hydrogen-bond donors (Lipinski definition) is 1. The molecule has 0 bridgehead atoms. The summed E-state index contributed by atoms with van der Waals surface area (Å²) in [5.74, 6) is -0.184. The van der Waals surface area contributed by atoms with Gasteiger partial charge < -0.3 is 14.9 Å². The number of nitrogens with zero attached hydrogens (tertiary/aromatic N) is 3. The largest absolute Gasteiger partial charge is 0.442 e. The third kappa shape index (κ3) is 3.24. The number of carbonyl (C=O) groups is 2. The SMILES string of the molecule is [C-]#[N+]C1(c2ccc(N3C[C@H](CNC(C)=O)OC3=O)cc2)[C@@H]2CN(S(C)(=O)=O)C[C@@H]21. The lowest BCUT2D eigenvalue weighted by molar-refractivity contribution is -0.119. The topological polar surface area (TPSA) is 100 Å². The summed E-state index contributed by atoms with van der Waals surface area (Å²) in [5, 5.41) is 2.64. The summed E-state index contributed by atoms with van der Waals surface area (Å²) in [5.41, 5.74) is 0.827. The van der Waals surface area contributed by atoms with Crippen LogP contribution in [-0.2, 0) is 25.1 Å². The molecule has 2 aliphatic heterocycles. The second kappa shape index (κ2) is 6.71. The lowest BCUT2D eigenvalue weighted by Gasteiger charge is -2.19. The van der Waals surface area contributed by atoms with E-state index in [-0.39, 0.29) is 24.3 Å². The zero-order valence-electron chi connectivity index (χ0n) is 16.2. The molecule has 2 heterocycles. The van der Waals surface area contributed by atoms with E-state index in [9.17, 15) is 18.0 Å². The second-order valence-electron chi connectivity index (χ2n) is 7.83. The number of nitrogens with one attached hydrogen (secondary N) is 1. The Bertz CT molecular complexity index is 988. The number of cyclic esters (lactones) is 1. The fraction of sp³-hybridized carbons (Fsp3) is 0.526. The summed E-state index contributed by atoms with van der Waals surface area (Å²) in [7, 11) is -3.24. The van der Waals surface area contributed by atoms with E-state index in [0.29, 0.717) is 25.3 Å². The van der Waals surface area contributed by atoms with Crippen LogP contribution in [0.2, 0.25) is 0 Å². The van der Waals surface area contributed by atoms with Crippen LogP contribution in [0.25, 0.3) is 4.85 Å². The van der Waals surface area contributed by atoms with Gasteiger partial charge >= 0.3 is 6.09 Å². The minimum Gasteiger partial charge on any atom is -0.442 e. The number of piperidine rings is 1. The summed E-state index contributed by atoms with van der Waals surface area (Å²) in [6.07, 6.45) is 0.311. The molecule has 2 saturated heterocycles. The van der Waals surface area contributed by atoms with Gasteiger partial charge in [0.15, 0.2) is 0 Å². The lowest BCUT2D eigenvalue weighted by Crippen LogP contribution is -2.33. The summed E-state index contributed by atoms with van der Waals surface area (Å²) < 4.78 is 30.2. The number of anilines is 1. The zero-order valence-corrected chi connectivity index (χ0v) is 17.0. The van der Waals surface area contributed by atoms with E-state index in [1.807, 2.05) is 12.1 Å². The molecule has 1 N–H and O–H groups in total. The van der Waals surface area contributed by atoms with E-state index in [1.54, 1.807) is 12.1 Å². The number of benzene rings is 1. The van der Waals surface area contributed by atoms with Gasteiger partial charge in [0, 0.05) is 31.3 Å². The standard InChI is InChI=1S/C19H22N4O5S/c1-12(24)21-8-15-9-23(18(25)28-15)14-6-4-13(5-7-14)19(20-2)16-10-22(11-17(16)19)29(3,26)27/h4-7,15-17H,8-11H2,1,3H3,(H,21,24)/t15-,16-,17+,19?/m0/s1. The Labute approximate surface area is 169 Å². The number of ether oxygens (including phenoxy) is 1. The molecule has 3 fully saturated rings. The Morgan fingerprint density at radius 1 is 1.28 bits per heavy atom. The molecule has 1 unspecified atom stereocenters. The van der Waals surface area contributed by atoms with Crippen molar-refractivity contribution in [3.05, 3.63) is 41.2 Å². The van der Waals surface area contributed by atoms with Gasteiger partial charge in [-0.2, -0.15) is 0 Å². The predicted molar refractivity (Wildman–Crippen MR) is 104 cm³/mol. The van der Waals surface area contributed by atoms with Crippen LogP contribution in [-0.4, -0.2) is 63.3 Å². The Morgan fingerprint density at radius 3 is 2.41 bits per heavy atom. The van der Waals surface area contributed by atoms with Crippen molar-refractivity contribution in [3.63, 3.8) is 0 Å². The molecule has 154 valence electrons. The maximum atomic E-state index is 12.1. The van der Waals surface area contributed by atoms with E-state index < -0.39 is 27.8 Å². The van der Waals surface area contributed by atoms with Crippen LogP contribution < -0.4 is 10.2 Å². The van der Waals surface area contributed by atoms with E-state index in [1.165, 1.54) is 22.4 Å². The van der Waals surface area contributed by atoms with Gasteiger partial charge in [-0.3, -0.25) is 9.69 Å². The average molecular weight is 418 g/mol. The zero-order chi connectivity index (χ0) is 21.0. The van der Waals surface area contributed by atoms with Gasteiger partial charge in [-0.15, -0.1) is 0 Å². The first-order chi connectivity index (χ1) is 13.7. The van der Waals surface area contributed by atoms with E-state index in [4.69, 9.17) is 11.3 Å². The van der Waals surface area contributed by atoms with Gasteiger partial charge in [-0.25, -0.2) is 24.1 Å². The molecule has 0 radical (unpaired) electrons. The highest BCUT2D eigenvalue weighted by Gasteiger charge is 2.77. The molecule has 1 aliphatic carbocycles. The quantitative estimate of drug-likeness (QED) is 0.713. The predicted octanol–water partition coefficient (Wildman–Crippen LogP) is 0.784. The minimum atomic E-state index is -3.24. The first kappa shape index (κ1) is 19.7. The highest BCUT2D eigenvalue weighted by atomic mass is 32.2. The van der Waals surface area contributed by atoms with Crippen LogP contribution in [0.1, 0.15) is 12.5 Å². The van der Waals surface area contributed by atoms with Gasteiger partial charge in [0.2, 0.25) is 15.9 Å². The summed E-state index contributed by atoms with van der Waals surface area (Å²) in [4.78, 5) is 28.6. The molecular formula is C19H22N4O5S. The molecule has 10 heteroatoms. The highest BCUT2D eigenvalue weighted by molar-refractivity contribution is 7.88. The maximum absolute atomic E-state index is 12.1. The van der Waals surface area contributed by atoms with E-state index in [0.717, 1.165) is 5.56 Å². The van der Waals surface area contributed by atoms with Gasteiger partial charge in [0.05, 0.1) is 31.2 Å². The van der Waals surface area contributed by atoms with Gasteiger partial charge in [-0.05, 0) is 24.3 Å². The Hall–Kier alpha value is -2.64. The number of rotatable bonds is 5. The Balaban J connectivity index is 1.46. The summed E-state index contributed by atoms with van der Waals surface area (Å²) in [6, 6.07) is 7.25. The molecule has 9 nitrogen and oxygen atoms in total. The van der Waals surface area contributed by atoms with Gasteiger partial charge in [0.25, 0.3) is 5.54 Å². The van der Waals surface area contributed by atoms with E-state index >= 15 is 0 Å². The molecule has 0 spiro atoms. The van der Waals surface area contributed by atoms with Crippen LogP contribution in [0.5, 0.6) is 0 Å². The molecule has 1 aromatic carbocycles. The van der Waals surface area contributed by atoms with Crippen molar-refractivity contribution >= 4 is 27.7 Å². The molecule has 4 rings (SSSR count). The molecule has 29 heavy (non-hydrogen) atoms. The number of fused-ring (bicyclic) bond motifs is 1. The third-order valence-corrected chi connectivity index (χ3v) is 7.29. The van der Waals surface area contributed by atoms with Crippen molar-refractivity contribution in [2.45, 2.75) is 18.6 Å². The average Bonchev–Trinajstić information content (AvgIpc) is 2.99. The highest BCUT2D eigenvalue weighted by Crippen LogP contribution is 2.65. The Kier molecular flexibility index (Phi) is 4.55. The number of hydrogen-bond acceptors (Lipinski definition) is 5. The lowest BCUT2D eigenvalue weighted by atomic mass is 10.00. The van der Waals surface area contributed by atoms with Gasteiger partial charge in [-0.1, -0.05) is 0 Å². The van der Waals surface area contributed by atoms with Crippen molar-refractivity contribution < 1.29 is 22.7 Å². The molecule has 0 aromatic heterocycles. The van der Waals surface area contributed by atoms with Crippen molar-refractivity contribution in [3.8, 4) is 0 Å². The van der Waals surface area contributed by atoms with Crippen molar-refractivity contribution in [1.82, 2.24) is 9.62 Å². The van der Waals surface area contributed by atoms with E-state index in [2.05, 4.69) is 10.2 Å². The number of amides is 2. The smallest absolute Gasteiger partial charge is 0.414 e. The molecule has 4 atom stereocenters. The molecule has 1 saturated carbocycles. The number of carbonyl (C=O) groups excluding carboxylic acids is 2. The molecule has 2 amide bonds. The third-order valence-electron chi connectivity index (χ3n) is 6.06. The summed E-state index contributed by atoms with van der Waals surface area (Å²) >= 11 is 0. The van der Waals surface area contributed by atoms with Crippen molar-refractivity contribution in [2.24, 2.45) is 11.8 Å². The maximum Gasteiger partial charge on any atom is 0.414 e. The molecular weight excluding hydrogens is 396 g/mol. The first-order valence-corrected chi connectivity index (χ1v) is 11.2. The fourth-order valence-corrected chi connectivity index (χ4v) is 5.36. The fourth-order valence-electron chi connectivity index (χ4n) is 4.50. The van der Waals surface area contributed by atoms with Crippen LogP contribution in [0, 0.1) is 18.4 Å². The van der Waals surface area contributed by atoms with Crippen molar-refractivity contribution in [1.29, 1.82) is 0 Å². The van der Waals surface area contributed by atoms with Crippen LogP contribution in [0.15, 0.2) is 24.3 Å². The van der Waals surface area contributed by atoms with Gasteiger partial charge in [0.1, 0.15) is 6.10 Å². The van der Waals surface area contributed by atoms with Crippen molar-refractivity contribution in [2.75, 3.05) is 37.3 Å². The first-order valence-electron chi connectivity index (χ1n) is 9.33. The number of sulfonamides is 1. The van der Waals surface area contributed by atoms with Crippen LogP contribution in [0.3, 0.4) is 0 Å². The minimum absolute atomic E-state index is 0.000590. The molecule has 3 aliphatic rings. The van der Waals surface area contributed by atoms with Crippen LogP contribution >= 0.6 is 0 Å². The normalized spacial score (nSPS) is 31.1. The summed E-state index contributed by atoms with van der Waals surface area (Å²) in [6.45, 7) is 10.5. The Morgan fingerprint density at radius 2 is 1.90 bits per heavy atom.